The maximum Gasteiger partial charge on any atom is 0.408 e. The summed E-state index contributed by atoms with van der Waals surface area (Å²) in [6, 6.07) is 16.3. The first-order valence-corrected chi connectivity index (χ1v) is 26.3. The summed E-state index contributed by atoms with van der Waals surface area (Å²) in [6.07, 6.45) is 3.70. The Balaban J connectivity index is 1.31. The molecule has 382 valence electrons. The van der Waals surface area contributed by atoms with Crippen molar-refractivity contribution in [2.24, 2.45) is 17.3 Å². The van der Waals surface area contributed by atoms with Gasteiger partial charge < -0.3 is 41.0 Å². The SMILES string of the molecule is CC(C)C1CC1(NC(=O)CC(CCc1ccccc1)NC(=O)[C@@H](Cc1ccccc1)NC(=O)OC(C)(C)C)C(=O)N[C@H](CCCCNC(=O)OC(C)(C)C)C(=O)N1CC2(CCN(S(C)(=O)=O)CC2)C1. The summed E-state index contributed by atoms with van der Waals surface area (Å²) < 4.78 is 36.7. The van der Waals surface area contributed by atoms with E-state index in [1.54, 1.807) is 46.4 Å². The number of nitrogens with zero attached hydrogens (tertiary/aromatic N) is 2. The second-order valence-corrected chi connectivity index (χ2v) is 23.7. The van der Waals surface area contributed by atoms with E-state index in [1.165, 1.54) is 10.6 Å². The molecule has 0 aromatic heterocycles. The van der Waals surface area contributed by atoms with Gasteiger partial charge in [-0.15, -0.1) is 0 Å². The number of carbonyl (C=O) groups is 6. The van der Waals surface area contributed by atoms with E-state index in [9.17, 15) is 37.2 Å². The van der Waals surface area contributed by atoms with Gasteiger partial charge in [0, 0.05) is 57.0 Å². The predicted octanol–water partition coefficient (Wildman–Crippen LogP) is 5.22. The maximum absolute atomic E-state index is 14.6. The van der Waals surface area contributed by atoms with E-state index in [4.69, 9.17) is 9.47 Å². The molecule has 2 aromatic carbocycles. The summed E-state index contributed by atoms with van der Waals surface area (Å²) in [6.45, 7) is 16.5. The topological polar surface area (TPSA) is 222 Å². The average Bonchev–Trinajstić information content (AvgIpc) is 3.98. The molecule has 2 aliphatic heterocycles. The molecule has 17 nitrogen and oxygen atoms in total. The number of alkyl carbamates (subject to hydrolysis) is 2. The van der Waals surface area contributed by atoms with Crippen molar-refractivity contribution in [1.29, 1.82) is 0 Å². The van der Waals surface area contributed by atoms with E-state index < -0.39 is 74.8 Å². The first kappa shape index (κ1) is 54.7. The lowest BCUT2D eigenvalue weighted by Crippen LogP contribution is -2.65. The molecule has 5 N–H and O–H groups in total. The first-order chi connectivity index (χ1) is 32.3. The van der Waals surface area contributed by atoms with Crippen molar-refractivity contribution in [2.45, 2.75) is 154 Å². The van der Waals surface area contributed by atoms with E-state index in [2.05, 4.69) is 26.6 Å². The van der Waals surface area contributed by atoms with Crippen LogP contribution in [-0.2, 0) is 51.5 Å². The molecular formula is C51H77N7O10S. The number of rotatable bonds is 21. The van der Waals surface area contributed by atoms with Crippen molar-refractivity contribution in [3.8, 4) is 0 Å². The minimum absolute atomic E-state index is 0.00317. The Morgan fingerprint density at radius 3 is 1.88 bits per heavy atom. The number of aryl methyl sites for hydroxylation is 1. The van der Waals surface area contributed by atoms with Gasteiger partial charge in [-0.25, -0.2) is 22.3 Å². The van der Waals surface area contributed by atoms with Crippen molar-refractivity contribution in [1.82, 2.24) is 35.8 Å². The van der Waals surface area contributed by atoms with Crippen LogP contribution in [0.3, 0.4) is 0 Å². The van der Waals surface area contributed by atoms with E-state index in [1.807, 2.05) is 74.5 Å². The summed E-state index contributed by atoms with van der Waals surface area (Å²) in [7, 11) is -3.32. The fourth-order valence-electron chi connectivity index (χ4n) is 9.37. The fourth-order valence-corrected chi connectivity index (χ4v) is 10.2. The Hall–Kier alpha value is -5.23. The maximum atomic E-state index is 14.6. The highest BCUT2D eigenvalue weighted by Crippen LogP contribution is 2.49. The summed E-state index contributed by atoms with van der Waals surface area (Å²) >= 11 is 0. The third-order valence-electron chi connectivity index (χ3n) is 13.1. The quantitative estimate of drug-likeness (QED) is 0.103. The number of ether oxygens (including phenoxy) is 2. The molecule has 69 heavy (non-hydrogen) atoms. The molecule has 0 radical (unpaired) electrons. The van der Waals surface area contributed by atoms with Crippen LogP contribution in [-0.4, -0.2) is 127 Å². The van der Waals surface area contributed by atoms with Gasteiger partial charge in [0.05, 0.1) is 6.26 Å². The van der Waals surface area contributed by atoms with Gasteiger partial charge in [0.25, 0.3) is 0 Å². The second-order valence-electron chi connectivity index (χ2n) is 21.7. The summed E-state index contributed by atoms with van der Waals surface area (Å²) in [5.74, 6) is -1.89. The first-order valence-electron chi connectivity index (χ1n) is 24.5. The van der Waals surface area contributed by atoms with Crippen LogP contribution in [0, 0.1) is 17.3 Å². The molecule has 6 amide bonds. The van der Waals surface area contributed by atoms with Crippen LogP contribution >= 0.6 is 0 Å². The van der Waals surface area contributed by atoms with Crippen molar-refractivity contribution in [2.75, 3.05) is 39.0 Å². The zero-order valence-corrected chi connectivity index (χ0v) is 43.0. The summed E-state index contributed by atoms with van der Waals surface area (Å²) in [5, 5.41) is 14.6. The third kappa shape index (κ3) is 16.7. The number of hydrogen-bond acceptors (Lipinski definition) is 10. The van der Waals surface area contributed by atoms with Gasteiger partial charge in [-0.2, -0.15) is 0 Å². The highest BCUT2D eigenvalue weighted by molar-refractivity contribution is 7.88. The molecule has 5 rings (SSSR count). The van der Waals surface area contributed by atoms with Crippen LogP contribution in [0.5, 0.6) is 0 Å². The third-order valence-corrected chi connectivity index (χ3v) is 14.4. The average molecular weight is 980 g/mol. The van der Waals surface area contributed by atoms with Crippen LogP contribution in [0.25, 0.3) is 0 Å². The van der Waals surface area contributed by atoms with Crippen LogP contribution in [0.1, 0.15) is 118 Å². The Kier molecular flexibility index (Phi) is 18.3. The molecule has 5 atom stereocenters. The number of unbranched alkanes of at least 4 members (excludes halogenated alkanes) is 1. The van der Waals surface area contributed by atoms with Crippen LogP contribution in [0.2, 0.25) is 0 Å². The molecule has 1 saturated carbocycles. The number of piperidine rings is 1. The molecule has 1 spiro atoms. The van der Waals surface area contributed by atoms with Gasteiger partial charge in [0.15, 0.2) is 0 Å². The summed E-state index contributed by atoms with van der Waals surface area (Å²) in [4.78, 5) is 84.5. The standard InChI is InChI=1S/C51H77N7O10S/c1-35(2)39-32-51(39,45(62)54-40(22-16-17-27-52-46(63)67-48(3,4)5)44(61)57-33-50(34-57)25-28-58(29-26-50)69(9,65)66)56-42(59)31-38(24-23-36-18-12-10-13-19-36)53-43(60)41(30-37-20-14-11-15-21-37)55-47(64)68-49(6,7)8/h10-15,18-21,35,38-41H,16-17,22-34H2,1-9H3,(H,52,63)(H,53,60)(H,54,62)(H,55,64)(H,56,59)/t38?,39?,40-,41-,51?/m1/s1. The molecule has 18 heteroatoms. The minimum atomic E-state index is -3.32. The zero-order valence-electron chi connectivity index (χ0n) is 42.2. The van der Waals surface area contributed by atoms with Crippen molar-refractivity contribution >= 4 is 45.8 Å². The number of benzene rings is 2. The Morgan fingerprint density at radius 2 is 1.33 bits per heavy atom. The van der Waals surface area contributed by atoms with Crippen molar-refractivity contribution in [3.05, 3.63) is 71.8 Å². The molecule has 3 unspecified atom stereocenters. The number of nitrogens with one attached hydrogen (secondary N) is 5. The number of amides is 6. The lowest BCUT2D eigenvalue weighted by molar-refractivity contribution is -0.150. The lowest BCUT2D eigenvalue weighted by Gasteiger charge is -2.54. The zero-order chi connectivity index (χ0) is 50.8. The molecule has 1 aliphatic carbocycles. The lowest BCUT2D eigenvalue weighted by atomic mass is 9.72. The molecule has 2 aromatic rings. The van der Waals surface area contributed by atoms with E-state index >= 15 is 0 Å². The van der Waals surface area contributed by atoms with Gasteiger partial charge in [-0.05, 0) is 116 Å². The largest absolute Gasteiger partial charge is 0.444 e. The Bertz CT molecular complexity index is 2200. The molecule has 3 fully saturated rings. The Labute approximate surface area is 409 Å². The number of sulfonamides is 1. The van der Waals surface area contributed by atoms with Gasteiger partial charge >= 0.3 is 12.2 Å². The minimum Gasteiger partial charge on any atom is -0.444 e. The number of hydrogen-bond donors (Lipinski definition) is 5. The predicted molar refractivity (Wildman–Crippen MR) is 263 cm³/mol. The van der Waals surface area contributed by atoms with Gasteiger partial charge in [0.2, 0.25) is 33.7 Å². The number of carbonyl (C=O) groups excluding carboxylic acids is 6. The second kappa shape index (κ2) is 23.1. The van der Waals surface area contributed by atoms with Crippen LogP contribution in [0.4, 0.5) is 9.59 Å². The fraction of sp³-hybridized carbons (Fsp3) is 0.647. The van der Waals surface area contributed by atoms with E-state index in [0.29, 0.717) is 77.7 Å². The highest BCUT2D eigenvalue weighted by Gasteiger charge is 2.62. The molecule has 3 aliphatic rings. The van der Waals surface area contributed by atoms with Crippen molar-refractivity contribution < 1.29 is 46.7 Å². The normalized spacial score (nSPS) is 20.4. The van der Waals surface area contributed by atoms with E-state index in [-0.39, 0.29) is 42.4 Å². The van der Waals surface area contributed by atoms with Gasteiger partial charge in [0.1, 0.15) is 28.8 Å². The van der Waals surface area contributed by atoms with Crippen LogP contribution < -0.4 is 26.6 Å². The van der Waals surface area contributed by atoms with Crippen molar-refractivity contribution in [3.63, 3.8) is 0 Å². The summed E-state index contributed by atoms with van der Waals surface area (Å²) in [5.41, 5.74) is -1.15. The van der Waals surface area contributed by atoms with Crippen LogP contribution in [0.15, 0.2) is 60.7 Å². The molecule has 0 bridgehead atoms. The van der Waals surface area contributed by atoms with Gasteiger partial charge in [-0.1, -0.05) is 74.5 Å². The molecule has 2 heterocycles. The smallest absolute Gasteiger partial charge is 0.408 e. The highest BCUT2D eigenvalue weighted by atomic mass is 32.2. The Morgan fingerprint density at radius 1 is 0.754 bits per heavy atom. The van der Waals surface area contributed by atoms with Gasteiger partial charge in [-0.3, -0.25) is 19.2 Å². The van der Waals surface area contributed by atoms with E-state index in [0.717, 1.165) is 11.1 Å². The molecule has 2 saturated heterocycles. The monoisotopic (exact) mass is 980 g/mol. The molecular weight excluding hydrogens is 903 g/mol. The number of likely N-dealkylation sites (tertiary alicyclic amines) is 1.